The van der Waals surface area contributed by atoms with E-state index in [0.29, 0.717) is 25.4 Å². The van der Waals surface area contributed by atoms with E-state index in [1.807, 2.05) is 41.8 Å². The van der Waals surface area contributed by atoms with Crippen molar-refractivity contribution in [2.24, 2.45) is 0 Å². The molecule has 0 unspecified atom stereocenters. The molecule has 1 amide bonds. The molecule has 0 radical (unpaired) electrons. The number of likely N-dealkylation sites (N-methyl/N-ethyl adjacent to an activating group) is 1. The van der Waals surface area contributed by atoms with Crippen LogP contribution >= 0.6 is 0 Å². The lowest BCUT2D eigenvalue weighted by atomic mass is 10.2. The second kappa shape index (κ2) is 5.82. The molecule has 0 spiro atoms. The van der Waals surface area contributed by atoms with Crippen molar-refractivity contribution in [2.45, 2.75) is 13.8 Å². The summed E-state index contributed by atoms with van der Waals surface area (Å²) >= 11 is 0. The number of nitrogens with two attached hydrogens (primary N) is 1. The van der Waals surface area contributed by atoms with Crippen molar-refractivity contribution < 1.29 is 9.53 Å². The molecule has 0 saturated heterocycles. The number of hydrogen-bond acceptors (Lipinski definition) is 4. The zero-order chi connectivity index (χ0) is 13.8. The summed E-state index contributed by atoms with van der Waals surface area (Å²) in [4.78, 5) is 16.0. The van der Waals surface area contributed by atoms with Crippen LogP contribution in [0.1, 0.15) is 13.8 Å². The standard InChI is InChI=1S/C14H21N3O2/c1-3-16(4-2)13(18)10-17-8-9-19-12-7-5-6-11(15)14(12)17/h5-7H,3-4,8-10,15H2,1-2H3. The van der Waals surface area contributed by atoms with Crippen LogP contribution in [-0.2, 0) is 4.79 Å². The van der Waals surface area contributed by atoms with E-state index in [1.54, 1.807) is 0 Å². The van der Waals surface area contributed by atoms with Gasteiger partial charge < -0.3 is 20.3 Å². The number of amides is 1. The lowest BCUT2D eigenvalue weighted by Crippen LogP contribution is -2.43. The fraction of sp³-hybridized carbons (Fsp3) is 0.500. The van der Waals surface area contributed by atoms with Crippen LogP contribution in [0.4, 0.5) is 11.4 Å². The Morgan fingerprint density at radius 3 is 2.84 bits per heavy atom. The van der Waals surface area contributed by atoms with Gasteiger partial charge >= 0.3 is 0 Å². The zero-order valence-corrected chi connectivity index (χ0v) is 11.6. The number of hydrogen-bond donors (Lipinski definition) is 1. The van der Waals surface area contributed by atoms with Gasteiger partial charge in [-0.25, -0.2) is 0 Å². The van der Waals surface area contributed by atoms with Gasteiger partial charge in [-0.3, -0.25) is 4.79 Å². The van der Waals surface area contributed by atoms with Gasteiger partial charge in [-0.05, 0) is 26.0 Å². The average Bonchev–Trinajstić information content (AvgIpc) is 2.40. The number of rotatable bonds is 4. The van der Waals surface area contributed by atoms with E-state index in [2.05, 4.69) is 0 Å². The van der Waals surface area contributed by atoms with E-state index in [9.17, 15) is 4.79 Å². The molecule has 0 aromatic heterocycles. The molecule has 2 N–H and O–H groups in total. The Bertz CT molecular complexity index is 458. The van der Waals surface area contributed by atoms with E-state index in [4.69, 9.17) is 10.5 Å². The van der Waals surface area contributed by atoms with Crippen molar-refractivity contribution in [3.63, 3.8) is 0 Å². The third kappa shape index (κ3) is 2.75. The monoisotopic (exact) mass is 263 g/mol. The van der Waals surface area contributed by atoms with Crippen LogP contribution in [0.3, 0.4) is 0 Å². The summed E-state index contributed by atoms with van der Waals surface area (Å²) in [6.45, 7) is 7.07. The quantitative estimate of drug-likeness (QED) is 0.833. The Morgan fingerprint density at radius 2 is 2.16 bits per heavy atom. The van der Waals surface area contributed by atoms with Crippen LogP contribution in [0.2, 0.25) is 0 Å². The molecule has 104 valence electrons. The Morgan fingerprint density at radius 1 is 1.42 bits per heavy atom. The van der Waals surface area contributed by atoms with Gasteiger partial charge in [0.25, 0.3) is 0 Å². The van der Waals surface area contributed by atoms with Crippen LogP contribution in [-0.4, -0.2) is 43.6 Å². The van der Waals surface area contributed by atoms with Crippen LogP contribution in [0.5, 0.6) is 5.75 Å². The van der Waals surface area contributed by atoms with Crippen molar-refractivity contribution in [2.75, 3.05) is 43.4 Å². The fourth-order valence-electron chi connectivity index (χ4n) is 2.37. The summed E-state index contributed by atoms with van der Waals surface area (Å²) in [7, 11) is 0. The van der Waals surface area contributed by atoms with E-state index in [0.717, 1.165) is 24.5 Å². The number of fused-ring (bicyclic) bond motifs is 1. The number of para-hydroxylation sites is 1. The lowest BCUT2D eigenvalue weighted by Gasteiger charge is -2.33. The molecule has 5 heteroatoms. The SMILES string of the molecule is CCN(CC)C(=O)CN1CCOc2cccc(N)c21. The molecule has 19 heavy (non-hydrogen) atoms. The molecule has 0 aliphatic carbocycles. The van der Waals surface area contributed by atoms with Crippen molar-refractivity contribution in [1.82, 2.24) is 4.90 Å². The minimum atomic E-state index is 0.126. The topological polar surface area (TPSA) is 58.8 Å². The maximum atomic E-state index is 12.2. The van der Waals surface area contributed by atoms with Crippen LogP contribution in [0.25, 0.3) is 0 Å². The van der Waals surface area contributed by atoms with E-state index in [-0.39, 0.29) is 5.91 Å². The number of anilines is 2. The molecule has 0 atom stereocenters. The fourth-order valence-corrected chi connectivity index (χ4v) is 2.37. The molecule has 1 aliphatic rings. The van der Waals surface area contributed by atoms with Crippen LogP contribution in [0.15, 0.2) is 18.2 Å². The smallest absolute Gasteiger partial charge is 0.242 e. The molecule has 0 bridgehead atoms. The summed E-state index contributed by atoms with van der Waals surface area (Å²) in [5.74, 6) is 0.889. The highest BCUT2D eigenvalue weighted by atomic mass is 16.5. The summed E-state index contributed by atoms with van der Waals surface area (Å²) < 4.78 is 5.58. The van der Waals surface area contributed by atoms with Gasteiger partial charge in [-0.1, -0.05) is 6.07 Å². The first-order valence-corrected chi connectivity index (χ1v) is 6.71. The molecule has 5 nitrogen and oxygen atoms in total. The normalized spacial score (nSPS) is 13.7. The van der Waals surface area contributed by atoms with E-state index < -0.39 is 0 Å². The highest BCUT2D eigenvalue weighted by Gasteiger charge is 2.23. The number of carbonyl (C=O) groups excluding carboxylic acids is 1. The molecular formula is C14H21N3O2. The van der Waals surface area contributed by atoms with Crippen molar-refractivity contribution >= 4 is 17.3 Å². The van der Waals surface area contributed by atoms with Gasteiger partial charge in [0.2, 0.25) is 5.91 Å². The first-order chi connectivity index (χ1) is 9.17. The Hall–Kier alpha value is -1.91. The van der Waals surface area contributed by atoms with Gasteiger partial charge in [0, 0.05) is 13.1 Å². The first-order valence-electron chi connectivity index (χ1n) is 6.71. The lowest BCUT2D eigenvalue weighted by molar-refractivity contribution is -0.129. The minimum Gasteiger partial charge on any atom is -0.489 e. The summed E-state index contributed by atoms with van der Waals surface area (Å²) in [6, 6.07) is 5.59. The molecular weight excluding hydrogens is 242 g/mol. The Balaban J connectivity index is 2.18. The highest BCUT2D eigenvalue weighted by molar-refractivity contribution is 5.85. The molecule has 1 aliphatic heterocycles. The highest BCUT2D eigenvalue weighted by Crippen LogP contribution is 2.36. The van der Waals surface area contributed by atoms with Gasteiger partial charge in [0.1, 0.15) is 18.0 Å². The van der Waals surface area contributed by atoms with Crippen LogP contribution < -0.4 is 15.4 Å². The first kappa shape index (κ1) is 13.5. The maximum Gasteiger partial charge on any atom is 0.242 e. The minimum absolute atomic E-state index is 0.126. The summed E-state index contributed by atoms with van der Waals surface area (Å²) in [6.07, 6.45) is 0. The Kier molecular flexibility index (Phi) is 4.14. The molecule has 1 aromatic carbocycles. The summed E-state index contributed by atoms with van der Waals surface area (Å²) in [5, 5.41) is 0. The third-order valence-corrected chi connectivity index (χ3v) is 3.41. The number of nitrogen functional groups attached to an aromatic ring is 1. The third-order valence-electron chi connectivity index (χ3n) is 3.41. The number of ether oxygens (including phenoxy) is 1. The number of benzene rings is 1. The molecule has 2 rings (SSSR count). The zero-order valence-electron chi connectivity index (χ0n) is 11.6. The summed E-state index contributed by atoms with van der Waals surface area (Å²) in [5.41, 5.74) is 7.50. The average molecular weight is 263 g/mol. The predicted octanol–water partition coefficient (Wildman–Crippen LogP) is 1.34. The second-order valence-corrected chi connectivity index (χ2v) is 4.53. The van der Waals surface area contributed by atoms with E-state index in [1.165, 1.54) is 0 Å². The Labute approximate surface area is 113 Å². The van der Waals surface area contributed by atoms with Crippen molar-refractivity contribution in [1.29, 1.82) is 0 Å². The van der Waals surface area contributed by atoms with Crippen molar-refractivity contribution in [3.8, 4) is 5.75 Å². The number of carbonyl (C=O) groups is 1. The van der Waals surface area contributed by atoms with E-state index >= 15 is 0 Å². The van der Waals surface area contributed by atoms with Gasteiger partial charge in [-0.2, -0.15) is 0 Å². The number of nitrogens with zero attached hydrogens (tertiary/aromatic N) is 2. The van der Waals surface area contributed by atoms with Gasteiger partial charge in [0.05, 0.1) is 18.8 Å². The molecule has 0 fully saturated rings. The largest absolute Gasteiger partial charge is 0.489 e. The molecule has 0 saturated carbocycles. The van der Waals surface area contributed by atoms with Crippen molar-refractivity contribution in [3.05, 3.63) is 18.2 Å². The second-order valence-electron chi connectivity index (χ2n) is 4.53. The van der Waals surface area contributed by atoms with Gasteiger partial charge in [0.15, 0.2) is 0 Å². The predicted molar refractivity (Wildman–Crippen MR) is 76.5 cm³/mol. The molecule has 1 heterocycles. The molecule has 1 aromatic rings. The van der Waals surface area contributed by atoms with Crippen LogP contribution in [0, 0.1) is 0 Å². The maximum absolute atomic E-state index is 12.2. The van der Waals surface area contributed by atoms with Gasteiger partial charge in [-0.15, -0.1) is 0 Å².